The summed E-state index contributed by atoms with van der Waals surface area (Å²) in [5, 5.41) is 16.3. The van der Waals surface area contributed by atoms with Crippen molar-refractivity contribution >= 4 is 17.9 Å². The number of hydrogen-bond donors (Lipinski definition) is 2. The molecule has 0 aliphatic rings. The summed E-state index contributed by atoms with van der Waals surface area (Å²) in [6, 6.07) is 0. The standard InChI is InChI=1S/C8H14O4.C3H6O2/c1-4-12-8(11)6(3)5(2)7(9)10;1-2-3(4)5/h5-6H,4H2,1-3H3,(H,9,10);2H2,1H3,(H,4,5). The first-order valence-electron chi connectivity index (χ1n) is 5.39. The lowest BCUT2D eigenvalue weighted by atomic mass is 9.96. The second-order valence-electron chi connectivity index (χ2n) is 3.41. The summed E-state index contributed by atoms with van der Waals surface area (Å²) in [5.74, 6) is -3.44. The van der Waals surface area contributed by atoms with E-state index in [1.165, 1.54) is 6.92 Å². The fourth-order valence-corrected chi connectivity index (χ4v) is 0.692. The molecule has 0 saturated heterocycles. The minimum absolute atomic E-state index is 0.222. The van der Waals surface area contributed by atoms with Crippen LogP contribution >= 0.6 is 0 Å². The minimum atomic E-state index is -0.976. The van der Waals surface area contributed by atoms with Gasteiger partial charge in [-0.15, -0.1) is 0 Å². The predicted molar refractivity (Wildman–Crippen MR) is 60.5 cm³/mol. The number of ether oxygens (including phenoxy) is 1. The highest BCUT2D eigenvalue weighted by molar-refractivity contribution is 5.80. The largest absolute Gasteiger partial charge is 0.481 e. The van der Waals surface area contributed by atoms with Crippen LogP contribution in [0.3, 0.4) is 0 Å². The van der Waals surface area contributed by atoms with Gasteiger partial charge in [0.25, 0.3) is 0 Å². The van der Waals surface area contributed by atoms with Gasteiger partial charge in [0.15, 0.2) is 0 Å². The van der Waals surface area contributed by atoms with E-state index in [0.29, 0.717) is 0 Å². The van der Waals surface area contributed by atoms with Gasteiger partial charge in [0.1, 0.15) is 0 Å². The second kappa shape index (κ2) is 9.62. The summed E-state index contributed by atoms with van der Waals surface area (Å²) in [7, 11) is 0. The lowest BCUT2D eigenvalue weighted by Gasteiger charge is -2.13. The molecule has 0 aromatic rings. The molecule has 0 aromatic heterocycles. The van der Waals surface area contributed by atoms with Gasteiger partial charge in [-0.05, 0) is 6.92 Å². The number of carboxylic acids is 2. The maximum atomic E-state index is 11.0. The zero-order valence-electron chi connectivity index (χ0n) is 10.6. The molecule has 0 bridgehead atoms. The monoisotopic (exact) mass is 248 g/mol. The number of carbonyl (C=O) groups is 3. The van der Waals surface area contributed by atoms with Crippen molar-refractivity contribution in [2.75, 3.05) is 6.61 Å². The van der Waals surface area contributed by atoms with E-state index in [1.807, 2.05) is 0 Å². The first-order valence-corrected chi connectivity index (χ1v) is 5.39. The predicted octanol–water partition coefficient (Wildman–Crippen LogP) is 1.39. The molecule has 0 radical (unpaired) electrons. The Kier molecular flexibility index (Phi) is 10.1. The van der Waals surface area contributed by atoms with Crippen LogP contribution in [0.25, 0.3) is 0 Å². The molecule has 2 unspecified atom stereocenters. The third-order valence-electron chi connectivity index (χ3n) is 2.10. The summed E-state index contributed by atoms with van der Waals surface area (Å²) in [5.41, 5.74) is 0. The number of rotatable bonds is 5. The van der Waals surface area contributed by atoms with Gasteiger partial charge in [-0.3, -0.25) is 14.4 Å². The summed E-state index contributed by atoms with van der Waals surface area (Å²) in [6.45, 7) is 6.62. The van der Waals surface area contributed by atoms with Crippen LogP contribution in [0.5, 0.6) is 0 Å². The Bertz CT molecular complexity index is 261. The lowest BCUT2D eigenvalue weighted by molar-refractivity contribution is -0.156. The maximum Gasteiger partial charge on any atom is 0.309 e. The molecule has 0 aliphatic carbocycles. The molecule has 0 saturated carbocycles. The fourth-order valence-electron chi connectivity index (χ4n) is 0.692. The molecule has 0 fully saturated rings. The lowest BCUT2D eigenvalue weighted by Crippen LogP contribution is -2.26. The molecule has 0 heterocycles. The minimum Gasteiger partial charge on any atom is -0.481 e. The SMILES string of the molecule is CCC(=O)O.CCOC(=O)C(C)C(C)C(=O)O. The molecule has 6 heteroatoms. The molecule has 17 heavy (non-hydrogen) atoms. The zero-order valence-corrected chi connectivity index (χ0v) is 10.6. The Balaban J connectivity index is 0. The fraction of sp³-hybridized carbons (Fsp3) is 0.727. The van der Waals surface area contributed by atoms with Crippen LogP contribution in [-0.2, 0) is 19.1 Å². The zero-order chi connectivity index (χ0) is 14.0. The first-order chi connectivity index (χ1) is 7.77. The molecular formula is C11H20O6. The summed E-state index contributed by atoms with van der Waals surface area (Å²) in [4.78, 5) is 30.8. The normalized spacial score (nSPS) is 12.7. The molecule has 0 aliphatic heterocycles. The van der Waals surface area contributed by atoms with E-state index < -0.39 is 29.7 Å². The van der Waals surface area contributed by atoms with Gasteiger partial charge in [-0.25, -0.2) is 0 Å². The molecular weight excluding hydrogens is 228 g/mol. The van der Waals surface area contributed by atoms with Crippen LogP contribution < -0.4 is 0 Å². The van der Waals surface area contributed by atoms with Gasteiger partial charge in [-0.1, -0.05) is 20.8 Å². The number of esters is 1. The Morgan fingerprint density at radius 1 is 1.06 bits per heavy atom. The van der Waals surface area contributed by atoms with Crippen LogP contribution in [0.1, 0.15) is 34.1 Å². The number of aliphatic carboxylic acids is 2. The van der Waals surface area contributed by atoms with Crippen molar-refractivity contribution < 1.29 is 29.3 Å². The van der Waals surface area contributed by atoms with E-state index in [-0.39, 0.29) is 13.0 Å². The summed E-state index contributed by atoms with van der Waals surface area (Å²) < 4.78 is 4.67. The van der Waals surface area contributed by atoms with Crippen molar-refractivity contribution in [3.05, 3.63) is 0 Å². The van der Waals surface area contributed by atoms with Gasteiger partial charge in [0, 0.05) is 6.42 Å². The van der Waals surface area contributed by atoms with E-state index >= 15 is 0 Å². The van der Waals surface area contributed by atoms with E-state index in [9.17, 15) is 14.4 Å². The van der Waals surface area contributed by atoms with Gasteiger partial charge < -0.3 is 14.9 Å². The molecule has 0 spiro atoms. The Hall–Kier alpha value is -1.59. The Labute approximate surface area is 101 Å². The van der Waals surface area contributed by atoms with E-state index in [4.69, 9.17) is 10.2 Å². The molecule has 0 aromatic carbocycles. The smallest absolute Gasteiger partial charge is 0.309 e. The van der Waals surface area contributed by atoms with Crippen LogP contribution in [0.15, 0.2) is 0 Å². The molecule has 2 N–H and O–H groups in total. The number of carbonyl (C=O) groups excluding carboxylic acids is 1. The van der Waals surface area contributed by atoms with Crippen LogP contribution in [0.4, 0.5) is 0 Å². The highest BCUT2D eigenvalue weighted by Crippen LogP contribution is 2.12. The Morgan fingerprint density at radius 2 is 1.47 bits per heavy atom. The van der Waals surface area contributed by atoms with Crippen LogP contribution in [-0.4, -0.2) is 34.7 Å². The molecule has 2 atom stereocenters. The summed E-state index contributed by atoms with van der Waals surface area (Å²) >= 11 is 0. The molecule has 100 valence electrons. The van der Waals surface area contributed by atoms with Gasteiger partial charge in [0.2, 0.25) is 0 Å². The maximum absolute atomic E-state index is 11.0. The second-order valence-corrected chi connectivity index (χ2v) is 3.41. The van der Waals surface area contributed by atoms with Crippen molar-refractivity contribution in [2.24, 2.45) is 11.8 Å². The van der Waals surface area contributed by atoms with Crippen molar-refractivity contribution in [1.29, 1.82) is 0 Å². The van der Waals surface area contributed by atoms with Crippen LogP contribution in [0.2, 0.25) is 0 Å². The average Bonchev–Trinajstić information content (AvgIpc) is 2.27. The van der Waals surface area contributed by atoms with E-state index in [2.05, 4.69) is 4.74 Å². The topological polar surface area (TPSA) is 101 Å². The van der Waals surface area contributed by atoms with Crippen molar-refractivity contribution in [3.8, 4) is 0 Å². The average molecular weight is 248 g/mol. The van der Waals surface area contributed by atoms with Crippen LogP contribution in [0, 0.1) is 11.8 Å². The Morgan fingerprint density at radius 3 is 1.71 bits per heavy atom. The molecule has 0 amide bonds. The van der Waals surface area contributed by atoms with Gasteiger partial charge in [0.05, 0.1) is 18.4 Å². The third kappa shape index (κ3) is 9.35. The molecule has 0 rings (SSSR count). The number of hydrogen-bond acceptors (Lipinski definition) is 4. The van der Waals surface area contributed by atoms with Gasteiger partial charge in [-0.2, -0.15) is 0 Å². The first kappa shape index (κ1) is 17.8. The third-order valence-corrected chi connectivity index (χ3v) is 2.10. The van der Waals surface area contributed by atoms with E-state index in [0.717, 1.165) is 0 Å². The van der Waals surface area contributed by atoms with Gasteiger partial charge >= 0.3 is 17.9 Å². The van der Waals surface area contributed by atoms with Crippen molar-refractivity contribution in [2.45, 2.75) is 34.1 Å². The van der Waals surface area contributed by atoms with Crippen molar-refractivity contribution in [3.63, 3.8) is 0 Å². The summed E-state index contributed by atoms with van der Waals surface area (Å²) in [6.07, 6.45) is 0.222. The van der Waals surface area contributed by atoms with Crippen molar-refractivity contribution in [1.82, 2.24) is 0 Å². The van der Waals surface area contributed by atoms with E-state index in [1.54, 1.807) is 20.8 Å². The highest BCUT2D eigenvalue weighted by Gasteiger charge is 2.26. The number of carboxylic acid groups (broad SMARTS) is 2. The highest BCUT2D eigenvalue weighted by atomic mass is 16.5. The molecule has 6 nitrogen and oxygen atoms in total. The quantitative estimate of drug-likeness (QED) is 0.713.